The van der Waals surface area contributed by atoms with Gasteiger partial charge in [-0.15, -0.1) is 0 Å². The summed E-state index contributed by atoms with van der Waals surface area (Å²) in [6.45, 7) is 0.0639. The van der Waals surface area contributed by atoms with Crippen LogP contribution in [0.15, 0.2) is 24.4 Å². The first kappa shape index (κ1) is 12.4. The van der Waals surface area contributed by atoms with E-state index in [4.69, 9.17) is 15.6 Å². The molecule has 18 heavy (non-hydrogen) atoms. The molecule has 1 atom stereocenters. The standard InChI is InChI=1S/C13H16N2O3/c1-15-4-3-9-11(15)5-8(6-12(9)18-2)10(7-14)13(16)17/h3-6,10H,7,14H2,1-2H3,(H,16,17). The Morgan fingerprint density at radius 2 is 2.28 bits per heavy atom. The third-order valence-corrected chi connectivity index (χ3v) is 3.14. The zero-order chi connectivity index (χ0) is 13.3. The molecule has 96 valence electrons. The van der Waals surface area contributed by atoms with Crippen molar-refractivity contribution in [1.29, 1.82) is 0 Å². The van der Waals surface area contributed by atoms with Crippen LogP contribution in [0.3, 0.4) is 0 Å². The highest BCUT2D eigenvalue weighted by molar-refractivity contribution is 5.89. The van der Waals surface area contributed by atoms with Crippen LogP contribution >= 0.6 is 0 Å². The number of fused-ring (bicyclic) bond motifs is 1. The van der Waals surface area contributed by atoms with Crippen LogP contribution in [0.4, 0.5) is 0 Å². The van der Waals surface area contributed by atoms with Gasteiger partial charge in [0.1, 0.15) is 5.75 Å². The van der Waals surface area contributed by atoms with Crippen LogP contribution < -0.4 is 10.5 Å². The lowest BCUT2D eigenvalue weighted by molar-refractivity contribution is -0.138. The van der Waals surface area contributed by atoms with E-state index < -0.39 is 11.9 Å². The maximum absolute atomic E-state index is 11.2. The molecule has 0 aliphatic heterocycles. The number of ether oxygens (including phenoxy) is 1. The van der Waals surface area contributed by atoms with Crippen molar-refractivity contribution in [2.75, 3.05) is 13.7 Å². The Morgan fingerprint density at radius 3 is 2.83 bits per heavy atom. The van der Waals surface area contributed by atoms with Gasteiger partial charge in [-0.05, 0) is 23.8 Å². The topological polar surface area (TPSA) is 77.5 Å². The van der Waals surface area contributed by atoms with Gasteiger partial charge in [-0.25, -0.2) is 0 Å². The van der Waals surface area contributed by atoms with Gasteiger partial charge in [-0.2, -0.15) is 0 Å². The molecule has 0 saturated carbocycles. The summed E-state index contributed by atoms with van der Waals surface area (Å²) in [5, 5.41) is 10.1. The van der Waals surface area contributed by atoms with Crippen molar-refractivity contribution < 1.29 is 14.6 Å². The minimum atomic E-state index is -0.923. The summed E-state index contributed by atoms with van der Waals surface area (Å²) in [7, 11) is 3.48. The number of rotatable bonds is 4. The normalized spacial score (nSPS) is 12.6. The van der Waals surface area contributed by atoms with Gasteiger partial charge in [-0.3, -0.25) is 4.79 Å². The monoisotopic (exact) mass is 248 g/mol. The maximum atomic E-state index is 11.2. The molecule has 1 aromatic carbocycles. The molecule has 1 heterocycles. The Kier molecular flexibility index (Phi) is 3.25. The molecular formula is C13H16N2O3. The van der Waals surface area contributed by atoms with Crippen LogP contribution in [0, 0.1) is 0 Å². The van der Waals surface area contributed by atoms with Gasteiger partial charge >= 0.3 is 5.97 Å². The second-order valence-electron chi connectivity index (χ2n) is 4.21. The number of hydrogen-bond donors (Lipinski definition) is 2. The molecule has 0 bridgehead atoms. The quantitative estimate of drug-likeness (QED) is 0.855. The number of nitrogens with two attached hydrogens (primary N) is 1. The predicted molar refractivity (Wildman–Crippen MR) is 68.9 cm³/mol. The molecule has 5 heteroatoms. The fraction of sp³-hybridized carbons (Fsp3) is 0.308. The van der Waals surface area contributed by atoms with Crippen LogP contribution in [0.2, 0.25) is 0 Å². The summed E-state index contributed by atoms with van der Waals surface area (Å²) in [6.07, 6.45) is 1.91. The van der Waals surface area contributed by atoms with Crippen LogP contribution in [0.25, 0.3) is 10.9 Å². The molecule has 0 aliphatic rings. The van der Waals surface area contributed by atoms with Crippen LogP contribution in [-0.4, -0.2) is 29.3 Å². The number of aromatic nitrogens is 1. The second-order valence-corrected chi connectivity index (χ2v) is 4.21. The highest BCUT2D eigenvalue weighted by Gasteiger charge is 2.20. The number of carboxylic acid groups (broad SMARTS) is 1. The fourth-order valence-electron chi connectivity index (χ4n) is 2.11. The van der Waals surface area contributed by atoms with Gasteiger partial charge in [0.15, 0.2) is 0 Å². The average molecular weight is 248 g/mol. The first-order valence-electron chi connectivity index (χ1n) is 5.64. The van der Waals surface area contributed by atoms with E-state index in [-0.39, 0.29) is 6.54 Å². The van der Waals surface area contributed by atoms with E-state index in [1.807, 2.05) is 29.9 Å². The summed E-state index contributed by atoms with van der Waals surface area (Å²) in [6, 6.07) is 5.54. The highest BCUT2D eigenvalue weighted by Crippen LogP contribution is 2.31. The lowest BCUT2D eigenvalue weighted by Gasteiger charge is -2.13. The number of hydrogen-bond acceptors (Lipinski definition) is 3. The van der Waals surface area contributed by atoms with Gasteiger partial charge < -0.3 is 20.1 Å². The second kappa shape index (κ2) is 4.70. The number of benzene rings is 1. The Morgan fingerprint density at radius 1 is 1.56 bits per heavy atom. The minimum absolute atomic E-state index is 0.0639. The Balaban J connectivity index is 2.65. The van der Waals surface area contributed by atoms with Gasteiger partial charge in [0.2, 0.25) is 0 Å². The maximum Gasteiger partial charge on any atom is 0.312 e. The van der Waals surface area contributed by atoms with E-state index in [1.54, 1.807) is 13.2 Å². The fourth-order valence-corrected chi connectivity index (χ4v) is 2.11. The third kappa shape index (κ3) is 1.93. The first-order chi connectivity index (χ1) is 8.58. The van der Waals surface area contributed by atoms with Crippen molar-refractivity contribution >= 4 is 16.9 Å². The van der Waals surface area contributed by atoms with E-state index in [9.17, 15) is 4.79 Å². The molecule has 5 nitrogen and oxygen atoms in total. The van der Waals surface area contributed by atoms with Crippen LogP contribution in [0.1, 0.15) is 11.5 Å². The summed E-state index contributed by atoms with van der Waals surface area (Å²) in [5.74, 6) is -0.964. The van der Waals surface area contributed by atoms with Crippen molar-refractivity contribution in [3.05, 3.63) is 30.0 Å². The van der Waals surface area contributed by atoms with Crippen molar-refractivity contribution in [1.82, 2.24) is 4.57 Å². The molecule has 2 rings (SSSR count). The lowest BCUT2D eigenvalue weighted by atomic mass is 9.98. The number of methoxy groups -OCH3 is 1. The first-order valence-corrected chi connectivity index (χ1v) is 5.64. The van der Waals surface area contributed by atoms with E-state index in [2.05, 4.69) is 0 Å². The summed E-state index contributed by atoms with van der Waals surface area (Å²) in [5.41, 5.74) is 7.12. The Labute approximate surface area is 105 Å². The molecule has 0 radical (unpaired) electrons. The van der Waals surface area contributed by atoms with E-state index >= 15 is 0 Å². The molecule has 0 spiro atoms. The summed E-state index contributed by atoms with van der Waals surface area (Å²) in [4.78, 5) is 11.2. The summed E-state index contributed by atoms with van der Waals surface area (Å²) < 4.78 is 7.24. The molecule has 0 aliphatic carbocycles. The number of nitrogens with zero attached hydrogens (tertiary/aromatic N) is 1. The smallest absolute Gasteiger partial charge is 0.312 e. The summed E-state index contributed by atoms with van der Waals surface area (Å²) >= 11 is 0. The Bertz CT molecular complexity index is 589. The Hall–Kier alpha value is -2.01. The molecule has 1 unspecified atom stereocenters. The van der Waals surface area contributed by atoms with Crippen molar-refractivity contribution in [2.24, 2.45) is 12.8 Å². The highest BCUT2D eigenvalue weighted by atomic mass is 16.5. The van der Waals surface area contributed by atoms with Gasteiger partial charge in [0, 0.05) is 25.2 Å². The molecule has 0 fully saturated rings. The third-order valence-electron chi connectivity index (χ3n) is 3.14. The minimum Gasteiger partial charge on any atom is -0.496 e. The number of aryl methyl sites for hydroxylation is 1. The van der Waals surface area contributed by atoms with Crippen molar-refractivity contribution in [3.63, 3.8) is 0 Å². The van der Waals surface area contributed by atoms with Gasteiger partial charge in [0.05, 0.1) is 18.5 Å². The number of carboxylic acids is 1. The van der Waals surface area contributed by atoms with Gasteiger partial charge in [-0.1, -0.05) is 0 Å². The molecule has 0 amide bonds. The zero-order valence-corrected chi connectivity index (χ0v) is 10.4. The van der Waals surface area contributed by atoms with Crippen molar-refractivity contribution in [3.8, 4) is 5.75 Å². The molecule has 1 aromatic heterocycles. The molecule has 3 N–H and O–H groups in total. The van der Waals surface area contributed by atoms with Gasteiger partial charge in [0.25, 0.3) is 0 Å². The van der Waals surface area contributed by atoms with E-state index in [1.165, 1.54) is 0 Å². The SMILES string of the molecule is COc1cc(C(CN)C(=O)O)cc2c1ccn2C. The van der Waals surface area contributed by atoms with Crippen LogP contribution in [-0.2, 0) is 11.8 Å². The number of aliphatic carboxylic acids is 1. The number of carbonyl (C=O) groups is 1. The largest absolute Gasteiger partial charge is 0.496 e. The van der Waals surface area contributed by atoms with E-state index in [0.29, 0.717) is 11.3 Å². The molecular weight excluding hydrogens is 232 g/mol. The predicted octanol–water partition coefficient (Wildman–Crippen LogP) is 1.31. The molecule has 2 aromatic rings. The van der Waals surface area contributed by atoms with Crippen molar-refractivity contribution in [2.45, 2.75) is 5.92 Å². The van der Waals surface area contributed by atoms with E-state index in [0.717, 1.165) is 10.9 Å². The lowest BCUT2D eigenvalue weighted by Crippen LogP contribution is -2.21. The zero-order valence-electron chi connectivity index (χ0n) is 10.4. The average Bonchev–Trinajstić information content (AvgIpc) is 2.71. The van der Waals surface area contributed by atoms with Crippen LogP contribution in [0.5, 0.6) is 5.75 Å². The molecule has 0 saturated heterocycles.